The molecule has 3 rings (SSSR count). The quantitative estimate of drug-likeness (QED) is 0.765. The van der Waals surface area contributed by atoms with E-state index in [1.807, 2.05) is 43.3 Å². The van der Waals surface area contributed by atoms with Gasteiger partial charge in [-0.2, -0.15) is 0 Å². The first-order valence-corrected chi connectivity index (χ1v) is 9.16. The topological polar surface area (TPSA) is 52.7 Å². The van der Waals surface area contributed by atoms with Gasteiger partial charge in [0.1, 0.15) is 0 Å². The summed E-state index contributed by atoms with van der Waals surface area (Å²) in [5.41, 5.74) is 2.74. The number of nitrogens with one attached hydrogen (secondary N) is 1. The molecule has 0 unspecified atom stereocenters. The number of halogens is 1. The van der Waals surface area contributed by atoms with Gasteiger partial charge < -0.3 is 10.2 Å². The molecule has 1 N–H and O–H groups in total. The molecule has 1 aliphatic rings. The van der Waals surface area contributed by atoms with Crippen LogP contribution >= 0.6 is 23.4 Å². The van der Waals surface area contributed by atoms with E-state index in [9.17, 15) is 9.59 Å². The van der Waals surface area contributed by atoms with Gasteiger partial charge in [-0.1, -0.05) is 23.7 Å². The number of anilines is 2. The highest BCUT2D eigenvalue weighted by atomic mass is 35.5. The normalized spacial score (nSPS) is 15.7. The molecule has 0 bridgehead atoms. The van der Waals surface area contributed by atoms with Crippen LogP contribution in [0.2, 0.25) is 5.02 Å². The highest BCUT2D eigenvalue weighted by Gasteiger charge is 2.34. The van der Waals surface area contributed by atoms with E-state index in [0.29, 0.717) is 9.93 Å². The molecule has 0 aliphatic carbocycles. The largest absolute Gasteiger partial charge is 0.378 e. The number of carbonyl (C=O) groups is 2. The summed E-state index contributed by atoms with van der Waals surface area (Å²) in [6.45, 7) is 0.114. The summed E-state index contributed by atoms with van der Waals surface area (Å²) in [7, 11) is 3.93. The van der Waals surface area contributed by atoms with Crippen molar-refractivity contribution in [3.05, 3.63) is 64.0 Å². The van der Waals surface area contributed by atoms with Gasteiger partial charge in [-0.25, -0.2) is 0 Å². The van der Waals surface area contributed by atoms with E-state index in [4.69, 9.17) is 11.6 Å². The summed E-state index contributed by atoms with van der Waals surface area (Å²) in [6.07, 6.45) is 1.74. The summed E-state index contributed by atoms with van der Waals surface area (Å²) in [5.74, 6) is -0.293. The Hall–Kier alpha value is -2.44. The Morgan fingerprint density at radius 2 is 1.73 bits per heavy atom. The Morgan fingerprint density at radius 3 is 2.35 bits per heavy atom. The molecule has 0 aromatic heterocycles. The van der Waals surface area contributed by atoms with Crippen molar-refractivity contribution in [2.24, 2.45) is 0 Å². The Morgan fingerprint density at radius 1 is 1.08 bits per heavy atom. The van der Waals surface area contributed by atoms with Crippen LogP contribution in [-0.4, -0.2) is 36.8 Å². The number of benzene rings is 2. The van der Waals surface area contributed by atoms with Crippen LogP contribution in [0.25, 0.3) is 6.08 Å². The van der Waals surface area contributed by atoms with Gasteiger partial charge in [0.05, 0.1) is 11.6 Å². The second-order valence-corrected chi connectivity index (χ2v) is 7.37. The minimum Gasteiger partial charge on any atom is -0.378 e. The Bertz CT molecular complexity index is 848. The first kappa shape index (κ1) is 18.4. The maximum Gasteiger partial charge on any atom is 0.295 e. The van der Waals surface area contributed by atoms with Crippen LogP contribution < -0.4 is 10.2 Å². The Balaban J connectivity index is 1.68. The van der Waals surface area contributed by atoms with Gasteiger partial charge in [0.15, 0.2) is 0 Å². The van der Waals surface area contributed by atoms with Gasteiger partial charge in [-0.15, -0.1) is 0 Å². The number of carbonyl (C=O) groups excluding carboxylic acids is 2. The van der Waals surface area contributed by atoms with Crippen LogP contribution in [0, 0.1) is 0 Å². The molecule has 5 nitrogen and oxygen atoms in total. The second-order valence-electron chi connectivity index (χ2n) is 5.94. The third kappa shape index (κ3) is 4.20. The molecule has 0 spiro atoms. The molecule has 2 amide bonds. The molecule has 1 fully saturated rings. The molecule has 1 heterocycles. The fraction of sp³-hybridized carbons (Fsp3) is 0.158. The lowest BCUT2D eigenvalue weighted by molar-refractivity contribution is -0.122. The summed E-state index contributed by atoms with van der Waals surface area (Å²) in [5, 5.41) is 3.40. The highest BCUT2D eigenvalue weighted by Crippen LogP contribution is 2.32. The standard InChI is InChI=1S/C19H18ClN3O2S/c1-22(2)16-9-3-13(4-10-16)11-17-18(24)23(19(25)26-17)12-21-15-7-5-14(20)6-8-15/h3-11,21H,12H2,1-2H3/b17-11+. The molecule has 1 saturated heterocycles. The number of amides is 2. The number of nitrogens with zero attached hydrogens (tertiary/aromatic N) is 2. The van der Waals surface area contributed by atoms with Gasteiger partial charge in [0, 0.05) is 30.5 Å². The van der Waals surface area contributed by atoms with Gasteiger partial charge in [0.2, 0.25) is 0 Å². The van der Waals surface area contributed by atoms with Crippen molar-refractivity contribution in [3.8, 4) is 0 Å². The lowest BCUT2D eigenvalue weighted by Gasteiger charge is -2.14. The zero-order chi connectivity index (χ0) is 18.7. The van der Waals surface area contributed by atoms with E-state index in [2.05, 4.69) is 5.32 Å². The van der Waals surface area contributed by atoms with Crippen molar-refractivity contribution in [1.82, 2.24) is 4.90 Å². The number of hydrogen-bond donors (Lipinski definition) is 1. The van der Waals surface area contributed by atoms with Crippen LogP contribution in [0.5, 0.6) is 0 Å². The maximum atomic E-state index is 12.5. The highest BCUT2D eigenvalue weighted by molar-refractivity contribution is 8.18. The zero-order valence-electron chi connectivity index (χ0n) is 14.4. The van der Waals surface area contributed by atoms with Gasteiger partial charge in [-0.05, 0) is 59.8 Å². The van der Waals surface area contributed by atoms with Crippen LogP contribution in [-0.2, 0) is 4.79 Å². The predicted octanol–water partition coefficient (Wildman–Crippen LogP) is 4.51. The predicted molar refractivity (Wildman–Crippen MR) is 109 cm³/mol. The molecule has 0 atom stereocenters. The van der Waals surface area contributed by atoms with Crippen molar-refractivity contribution in [2.45, 2.75) is 0 Å². The van der Waals surface area contributed by atoms with Crippen molar-refractivity contribution >= 4 is 52.0 Å². The molecular weight excluding hydrogens is 370 g/mol. The summed E-state index contributed by atoms with van der Waals surface area (Å²) >= 11 is 6.80. The minimum atomic E-state index is -0.293. The number of imide groups is 1. The monoisotopic (exact) mass is 387 g/mol. The average Bonchev–Trinajstić information content (AvgIpc) is 2.88. The first-order valence-electron chi connectivity index (χ1n) is 7.96. The van der Waals surface area contributed by atoms with Crippen molar-refractivity contribution in [1.29, 1.82) is 0 Å². The van der Waals surface area contributed by atoms with Gasteiger partial charge in [-0.3, -0.25) is 14.5 Å². The van der Waals surface area contributed by atoms with E-state index in [0.717, 1.165) is 28.7 Å². The SMILES string of the molecule is CN(C)c1ccc(/C=C2/SC(=O)N(CNc3ccc(Cl)cc3)C2=O)cc1. The first-order chi connectivity index (χ1) is 12.4. The van der Waals surface area contributed by atoms with E-state index in [1.165, 1.54) is 4.90 Å². The molecule has 7 heteroatoms. The molecule has 0 saturated carbocycles. The van der Waals surface area contributed by atoms with E-state index in [-0.39, 0.29) is 17.8 Å². The zero-order valence-corrected chi connectivity index (χ0v) is 16.0. The second kappa shape index (κ2) is 7.85. The van der Waals surface area contributed by atoms with Crippen LogP contribution in [0.4, 0.5) is 16.2 Å². The van der Waals surface area contributed by atoms with Crippen molar-refractivity contribution < 1.29 is 9.59 Å². The van der Waals surface area contributed by atoms with Crippen LogP contribution in [0.15, 0.2) is 53.4 Å². The van der Waals surface area contributed by atoms with Crippen LogP contribution in [0.1, 0.15) is 5.56 Å². The Kier molecular flexibility index (Phi) is 5.54. The van der Waals surface area contributed by atoms with E-state index in [1.54, 1.807) is 30.3 Å². The van der Waals surface area contributed by atoms with Crippen molar-refractivity contribution in [2.75, 3.05) is 31.0 Å². The molecule has 2 aromatic carbocycles. The third-order valence-corrected chi connectivity index (χ3v) is 5.03. The summed E-state index contributed by atoms with van der Waals surface area (Å²) < 4.78 is 0. The van der Waals surface area contributed by atoms with Gasteiger partial charge in [0.25, 0.3) is 11.1 Å². The van der Waals surface area contributed by atoms with E-state index < -0.39 is 0 Å². The minimum absolute atomic E-state index is 0.114. The molecule has 134 valence electrons. The number of thioether (sulfide) groups is 1. The average molecular weight is 388 g/mol. The van der Waals surface area contributed by atoms with Crippen molar-refractivity contribution in [3.63, 3.8) is 0 Å². The fourth-order valence-corrected chi connectivity index (χ4v) is 3.36. The molecule has 2 aromatic rings. The number of rotatable bonds is 5. The summed E-state index contributed by atoms with van der Waals surface area (Å²) in [4.78, 5) is 28.3. The summed E-state index contributed by atoms with van der Waals surface area (Å²) in [6, 6.07) is 14.9. The third-order valence-electron chi connectivity index (χ3n) is 3.87. The lowest BCUT2D eigenvalue weighted by atomic mass is 10.2. The van der Waals surface area contributed by atoms with Crippen LogP contribution in [0.3, 0.4) is 0 Å². The molecule has 0 radical (unpaired) electrons. The number of hydrogen-bond acceptors (Lipinski definition) is 5. The lowest BCUT2D eigenvalue weighted by Crippen LogP contribution is -2.33. The molecule has 26 heavy (non-hydrogen) atoms. The molecular formula is C19H18ClN3O2S. The molecule has 1 aliphatic heterocycles. The van der Waals surface area contributed by atoms with E-state index >= 15 is 0 Å². The smallest absolute Gasteiger partial charge is 0.295 e. The fourth-order valence-electron chi connectivity index (χ4n) is 2.39. The van der Waals surface area contributed by atoms with Gasteiger partial charge >= 0.3 is 0 Å². The Labute approximate surface area is 161 Å². The maximum absolute atomic E-state index is 12.5.